The van der Waals surface area contributed by atoms with Gasteiger partial charge in [0.1, 0.15) is 0 Å². The van der Waals surface area contributed by atoms with Gasteiger partial charge >= 0.3 is 0 Å². The molecule has 17 heavy (non-hydrogen) atoms. The Hall–Kier alpha value is -0.220. The van der Waals surface area contributed by atoms with Gasteiger partial charge < -0.3 is 9.80 Å². The molecule has 0 N–H and O–H groups in total. The van der Waals surface area contributed by atoms with E-state index in [9.17, 15) is 4.79 Å². The minimum absolute atomic E-state index is 0.302. The Kier molecular flexibility index (Phi) is 7.69. The van der Waals surface area contributed by atoms with Crippen molar-refractivity contribution < 1.29 is 4.79 Å². The maximum atomic E-state index is 11.8. The monoisotopic (exact) mass is 258 g/mol. The lowest BCUT2D eigenvalue weighted by Crippen LogP contribution is -2.38. The van der Waals surface area contributed by atoms with Crippen molar-refractivity contribution in [1.29, 1.82) is 0 Å². The summed E-state index contributed by atoms with van der Waals surface area (Å²) in [7, 11) is 1.94. The lowest BCUT2D eigenvalue weighted by atomic mass is 10.1. The Labute approximate surface area is 110 Å². The first-order valence-electron chi connectivity index (χ1n) is 6.69. The normalized spacial score (nSPS) is 17.1. The number of hydrogen-bond donors (Lipinski definition) is 0. The van der Waals surface area contributed by atoms with Crippen molar-refractivity contribution in [1.82, 2.24) is 9.80 Å². The van der Waals surface area contributed by atoms with Crippen LogP contribution in [0, 0.1) is 0 Å². The van der Waals surface area contributed by atoms with Gasteiger partial charge in [-0.2, -0.15) is 11.8 Å². The molecule has 0 aromatic rings. The Morgan fingerprint density at radius 2 is 2.00 bits per heavy atom. The molecule has 1 rings (SSSR count). The number of hydrogen-bond acceptors (Lipinski definition) is 3. The summed E-state index contributed by atoms with van der Waals surface area (Å²) in [4.78, 5) is 16.2. The highest BCUT2D eigenvalue weighted by Gasteiger charge is 2.12. The second-order valence-electron chi connectivity index (χ2n) is 4.81. The summed E-state index contributed by atoms with van der Waals surface area (Å²) >= 11 is 1.81. The summed E-state index contributed by atoms with van der Waals surface area (Å²) in [6.45, 7) is 4.37. The van der Waals surface area contributed by atoms with Crippen LogP contribution in [0.2, 0.25) is 0 Å². The van der Waals surface area contributed by atoms with Gasteiger partial charge in [-0.3, -0.25) is 4.79 Å². The zero-order valence-corrected chi connectivity index (χ0v) is 12.1. The second-order valence-corrected chi connectivity index (χ2v) is 5.80. The highest BCUT2D eigenvalue weighted by Crippen LogP contribution is 2.08. The average molecular weight is 258 g/mol. The number of carbonyl (C=O) groups excluding carboxylic acids is 1. The molecular weight excluding hydrogens is 232 g/mol. The second kappa shape index (κ2) is 8.81. The molecule has 1 aliphatic heterocycles. The minimum Gasteiger partial charge on any atom is -0.344 e. The zero-order valence-electron chi connectivity index (χ0n) is 11.3. The van der Waals surface area contributed by atoms with Gasteiger partial charge in [-0.05, 0) is 44.4 Å². The van der Waals surface area contributed by atoms with Gasteiger partial charge in [0.15, 0.2) is 0 Å². The smallest absolute Gasteiger partial charge is 0.222 e. The van der Waals surface area contributed by atoms with Gasteiger partial charge in [-0.1, -0.05) is 6.42 Å². The molecule has 0 aromatic carbocycles. The van der Waals surface area contributed by atoms with Gasteiger partial charge in [0.25, 0.3) is 0 Å². The quantitative estimate of drug-likeness (QED) is 0.653. The van der Waals surface area contributed by atoms with Crippen molar-refractivity contribution in [3.05, 3.63) is 0 Å². The fourth-order valence-corrected chi connectivity index (χ4v) is 2.59. The molecule has 0 spiro atoms. The molecule has 0 bridgehead atoms. The average Bonchev–Trinajstić information content (AvgIpc) is 2.37. The molecule has 0 atom stereocenters. The lowest BCUT2D eigenvalue weighted by molar-refractivity contribution is -0.130. The summed E-state index contributed by atoms with van der Waals surface area (Å²) in [6, 6.07) is 0. The van der Waals surface area contributed by atoms with Crippen molar-refractivity contribution in [3.8, 4) is 0 Å². The summed E-state index contributed by atoms with van der Waals surface area (Å²) in [5.74, 6) is 1.39. The number of amides is 1. The van der Waals surface area contributed by atoms with Gasteiger partial charge in [-0.15, -0.1) is 0 Å². The fraction of sp³-hybridized carbons (Fsp3) is 0.923. The molecule has 0 radical (unpaired) electrons. The van der Waals surface area contributed by atoms with E-state index in [1.54, 1.807) is 0 Å². The van der Waals surface area contributed by atoms with Crippen molar-refractivity contribution in [3.63, 3.8) is 0 Å². The van der Waals surface area contributed by atoms with Crippen LogP contribution in [0.1, 0.15) is 32.1 Å². The summed E-state index contributed by atoms with van der Waals surface area (Å²) in [5, 5.41) is 0. The number of likely N-dealkylation sites (N-methyl/N-ethyl adjacent to an activating group) is 1. The van der Waals surface area contributed by atoms with E-state index in [1.165, 1.54) is 32.4 Å². The third kappa shape index (κ3) is 6.32. The molecular formula is C13H26N2OS. The number of piperidine rings is 1. The molecule has 0 saturated carbocycles. The molecule has 3 nitrogen and oxygen atoms in total. The number of thioether (sulfide) groups is 1. The Bertz CT molecular complexity index is 217. The molecule has 1 heterocycles. The van der Waals surface area contributed by atoms with E-state index in [0.717, 1.165) is 25.3 Å². The third-order valence-electron chi connectivity index (χ3n) is 3.37. The number of likely N-dealkylation sites (tertiary alicyclic amines) is 1. The Morgan fingerprint density at radius 3 is 2.65 bits per heavy atom. The van der Waals surface area contributed by atoms with Crippen LogP contribution in [0.15, 0.2) is 0 Å². The lowest BCUT2D eigenvalue weighted by Gasteiger charge is -2.28. The van der Waals surface area contributed by atoms with Gasteiger partial charge in [0.05, 0.1) is 0 Å². The molecule has 1 amide bonds. The van der Waals surface area contributed by atoms with Crippen LogP contribution < -0.4 is 0 Å². The van der Waals surface area contributed by atoms with Gasteiger partial charge in [0.2, 0.25) is 5.91 Å². The molecule has 1 fully saturated rings. The van der Waals surface area contributed by atoms with E-state index in [0.29, 0.717) is 12.3 Å². The van der Waals surface area contributed by atoms with Crippen molar-refractivity contribution in [2.24, 2.45) is 0 Å². The molecule has 0 aromatic heterocycles. The summed E-state index contributed by atoms with van der Waals surface area (Å²) in [5.41, 5.74) is 0. The standard InChI is InChI=1S/C13H26N2OS/c1-14(13(16)7-6-12-17-2)10-11-15-8-4-3-5-9-15/h3-12H2,1-2H3. The topological polar surface area (TPSA) is 23.6 Å². The predicted octanol–water partition coefficient (Wildman–Crippen LogP) is 2.07. The predicted molar refractivity (Wildman–Crippen MR) is 75.5 cm³/mol. The molecule has 1 aliphatic rings. The van der Waals surface area contributed by atoms with Gasteiger partial charge in [-0.25, -0.2) is 0 Å². The maximum Gasteiger partial charge on any atom is 0.222 e. The van der Waals surface area contributed by atoms with Crippen molar-refractivity contribution in [2.45, 2.75) is 32.1 Å². The Balaban J connectivity index is 2.10. The number of carbonyl (C=O) groups is 1. The maximum absolute atomic E-state index is 11.8. The SMILES string of the molecule is CSCCCC(=O)N(C)CCN1CCCCC1. The first-order chi connectivity index (χ1) is 8.24. The van der Waals surface area contributed by atoms with Crippen LogP contribution in [-0.2, 0) is 4.79 Å². The highest BCUT2D eigenvalue weighted by atomic mass is 32.2. The molecule has 4 heteroatoms. The van der Waals surface area contributed by atoms with Crippen LogP contribution in [0.5, 0.6) is 0 Å². The van der Waals surface area contributed by atoms with E-state index in [4.69, 9.17) is 0 Å². The molecule has 0 aliphatic carbocycles. The number of nitrogens with zero attached hydrogens (tertiary/aromatic N) is 2. The number of rotatable bonds is 7. The fourth-order valence-electron chi connectivity index (χ4n) is 2.16. The highest BCUT2D eigenvalue weighted by molar-refractivity contribution is 7.98. The van der Waals surface area contributed by atoms with Crippen LogP contribution in [-0.4, -0.2) is 60.9 Å². The van der Waals surface area contributed by atoms with Crippen molar-refractivity contribution in [2.75, 3.05) is 45.2 Å². The first-order valence-corrected chi connectivity index (χ1v) is 8.08. The van der Waals surface area contributed by atoms with Crippen LogP contribution in [0.4, 0.5) is 0 Å². The van der Waals surface area contributed by atoms with E-state index in [1.807, 2.05) is 23.7 Å². The first kappa shape index (κ1) is 14.8. The third-order valence-corrected chi connectivity index (χ3v) is 4.06. The molecule has 0 unspecified atom stereocenters. The van der Waals surface area contributed by atoms with E-state index >= 15 is 0 Å². The summed E-state index contributed by atoms with van der Waals surface area (Å²) < 4.78 is 0. The molecule has 1 saturated heterocycles. The van der Waals surface area contributed by atoms with E-state index < -0.39 is 0 Å². The Morgan fingerprint density at radius 1 is 1.29 bits per heavy atom. The van der Waals surface area contributed by atoms with Crippen molar-refractivity contribution >= 4 is 17.7 Å². The van der Waals surface area contributed by atoms with Crippen LogP contribution in [0.25, 0.3) is 0 Å². The van der Waals surface area contributed by atoms with E-state index in [2.05, 4.69) is 11.2 Å². The summed E-state index contributed by atoms with van der Waals surface area (Å²) in [6.07, 6.45) is 7.83. The molecule has 100 valence electrons. The largest absolute Gasteiger partial charge is 0.344 e. The minimum atomic E-state index is 0.302. The van der Waals surface area contributed by atoms with Crippen LogP contribution >= 0.6 is 11.8 Å². The van der Waals surface area contributed by atoms with E-state index in [-0.39, 0.29) is 0 Å². The zero-order chi connectivity index (χ0) is 12.5. The van der Waals surface area contributed by atoms with Gasteiger partial charge in [0, 0.05) is 26.6 Å². The van der Waals surface area contributed by atoms with Crippen LogP contribution in [0.3, 0.4) is 0 Å².